The summed E-state index contributed by atoms with van der Waals surface area (Å²) < 4.78 is 8.00. The minimum atomic E-state index is -0.227. The first-order chi connectivity index (χ1) is 15.7. The van der Waals surface area contributed by atoms with Crippen LogP contribution in [0.25, 0.3) is 11.0 Å². The highest BCUT2D eigenvalue weighted by atomic mass is 16.5. The van der Waals surface area contributed by atoms with Crippen LogP contribution in [0.2, 0.25) is 0 Å². The Hall–Kier alpha value is -3.87. The molecule has 2 N–H and O–H groups in total. The second-order valence-corrected chi connectivity index (χ2v) is 8.94. The smallest absolute Gasteiger partial charge is 0.270 e. The number of ether oxygens (including phenoxy) is 1. The van der Waals surface area contributed by atoms with Crippen molar-refractivity contribution in [1.29, 1.82) is 0 Å². The molecule has 0 saturated carbocycles. The number of imidazole rings is 1. The number of carbonyl (C=O) groups is 1. The van der Waals surface area contributed by atoms with Crippen LogP contribution in [-0.4, -0.2) is 27.0 Å². The summed E-state index contributed by atoms with van der Waals surface area (Å²) in [6.07, 6.45) is 1.56. The molecule has 0 saturated heterocycles. The van der Waals surface area contributed by atoms with Gasteiger partial charge in [0.15, 0.2) is 0 Å². The van der Waals surface area contributed by atoms with Crippen molar-refractivity contribution in [2.75, 3.05) is 11.9 Å². The van der Waals surface area contributed by atoms with E-state index in [0.717, 1.165) is 22.7 Å². The van der Waals surface area contributed by atoms with E-state index in [9.17, 15) is 4.79 Å². The van der Waals surface area contributed by atoms with Gasteiger partial charge in [-0.1, -0.05) is 32.9 Å². The van der Waals surface area contributed by atoms with E-state index in [0.29, 0.717) is 23.7 Å². The van der Waals surface area contributed by atoms with Gasteiger partial charge in [0, 0.05) is 37.6 Å². The van der Waals surface area contributed by atoms with E-state index in [-0.39, 0.29) is 11.3 Å². The molecule has 7 nitrogen and oxygen atoms in total. The highest BCUT2D eigenvalue weighted by molar-refractivity contribution is 5.92. The molecule has 0 aliphatic carbocycles. The molecule has 0 aliphatic rings. The van der Waals surface area contributed by atoms with E-state index in [1.54, 1.807) is 18.3 Å². The fourth-order valence-electron chi connectivity index (χ4n) is 3.53. The van der Waals surface area contributed by atoms with Gasteiger partial charge in [-0.3, -0.25) is 9.78 Å². The Bertz CT molecular complexity index is 1300. The van der Waals surface area contributed by atoms with E-state index in [1.807, 2.05) is 42.8 Å². The number of aryl methyl sites for hydroxylation is 1. The van der Waals surface area contributed by atoms with Gasteiger partial charge in [-0.15, -0.1) is 0 Å². The lowest BCUT2D eigenvalue weighted by molar-refractivity contribution is 0.0950. The predicted octanol–water partition coefficient (Wildman–Crippen LogP) is 5.55. The molecule has 1 amide bonds. The second kappa shape index (κ2) is 8.94. The molecule has 4 aromatic rings. The first kappa shape index (κ1) is 22.3. The van der Waals surface area contributed by atoms with Gasteiger partial charge in [0.05, 0.1) is 11.0 Å². The fourth-order valence-corrected chi connectivity index (χ4v) is 3.53. The summed E-state index contributed by atoms with van der Waals surface area (Å²) in [7, 11) is 1.98. The van der Waals surface area contributed by atoms with Crippen LogP contribution in [0, 0.1) is 0 Å². The third-order valence-electron chi connectivity index (χ3n) is 5.37. The zero-order chi connectivity index (χ0) is 23.6. The van der Waals surface area contributed by atoms with Crippen molar-refractivity contribution in [2.24, 2.45) is 7.05 Å². The monoisotopic (exact) mass is 443 g/mol. The van der Waals surface area contributed by atoms with Crippen LogP contribution in [0.15, 0.2) is 60.8 Å². The Morgan fingerprint density at radius 1 is 1.06 bits per heavy atom. The third-order valence-corrected chi connectivity index (χ3v) is 5.37. The number of rotatable bonds is 6. The Kier molecular flexibility index (Phi) is 6.05. The molecule has 2 aromatic heterocycles. The quantitative estimate of drug-likeness (QED) is 0.408. The molecule has 4 rings (SSSR count). The van der Waals surface area contributed by atoms with Crippen molar-refractivity contribution in [1.82, 2.24) is 19.9 Å². The normalized spacial score (nSPS) is 11.4. The third kappa shape index (κ3) is 4.98. The molecule has 2 heterocycles. The van der Waals surface area contributed by atoms with Crippen molar-refractivity contribution in [3.05, 3.63) is 72.1 Å². The topological polar surface area (TPSA) is 81.1 Å². The number of amides is 1. The Morgan fingerprint density at radius 3 is 2.61 bits per heavy atom. The number of nitrogens with zero attached hydrogens (tertiary/aromatic N) is 3. The van der Waals surface area contributed by atoms with Crippen LogP contribution in [0.5, 0.6) is 11.5 Å². The maximum absolute atomic E-state index is 12.0. The molecular formula is C26H29N5O2. The lowest BCUT2D eigenvalue weighted by Crippen LogP contribution is -2.23. The van der Waals surface area contributed by atoms with Crippen molar-refractivity contribution in [3.63, 3.8) is 0 Å². The Labute approximate surface area is 193 Å². The van der Waals surface area contributed by atoms with Gasteiger partial charge in [-0.2, -0.15) is 0 Å². The average molecular weight is 444 g/mol. The van der Waals surface area contributed by atoms with Crippen molar-refractivity contribution in [2.45, 2.75) is 33.1 Å². The molecule has 0 atom stereocenters. The summed E-state index contributed by atoms with van der Waals surface area (Å²) in [4.78, 5) is 20.9. The summed E-state index contributed by atoms with van der Waals surface area (Å²) in [5, 5.41) is 6.17. The number of pyridine rings is 1. The van der Waals surface area contributed by atoms with Gasteiger partial charge in [0.2, 0.25) is 5.95 Å². The molecule has 0 fully saturated rings. The molecule has 0 spiro atoms. The summed E-state index contributed by atoms with van der Waals surface area (Å²) in [5.74, 6) is 1.69. The lowest BCUT2D eigenvalue weighted by atomic mass is 9.87. The van der Waals surface area contributed by atoms with Gasteiger partial charge in [-0.05, 0) is 48.2 Å². The summed E-state index contributed by atoms with van der Waals surface area (Å²) >= 11 is 0. The summed E-state index contributed by atoms with van der Waals surface area (Å²) in [6, 6.07) is 17.5. The molecule has 2 aromatic carbocycles. The zero-order valence-corrected chi connectivity index (χ0v) is 19.6. The minimum absolute atomic E-state index is 0.0698. The molecule has 7 heteroatoms. The zero-order valence-electron chi connectivity index (χ0n) is 19.6. The van der Waals surface area contributed by atoms with Crippen molar-refractivity contribution >= 4 is 28.6 Å². The number of carbonyl (C=O) groups excluding carboxylic acids is 1. The van der Waals surface area contributed by atoms with Gasteiger partial charge in [0.1, 0.15) is 17.2 Å². The number of hydrogen-bond acceptors (Lipinski definition) is 5. The van der Waals surface area contributed by atoms with Crippen LogP contribution in [0.4, 0.5) is 11.6 Å². The number of hydrogen-bond donors (Lipinski definition) is 2. The highest BCUT2D eigenvalue weighted by Crippen LogP contribution is 2.29. The largest absolute Gasteiger partial charge is 0.457 e. The molecular weight excluding hydrogens is 414 g/mol. The van der Waals surface area contributed by atoms with Crippen LogP contribution < -0.4 is 15.4 Å². The lowest BCUT2D eigenvalue weighted by Gasteiger charge is -2.20. The predicted molar refractivity (Wildman–Crippen MR) is 131 cm³/mol. The van der Waals surface area contributed by atoms with Crippen LogP contribution in [0.3, 0.4) is 0 Å². The number of benzene rings is 2. The molecule has 33 heavy (non-hydrogen) atoms. The van der Waals surface area contributed by atoms with Crippen LogP contribution in [-0.2, 0) is 12.5 Å². The highest BCUT2D eigenvalue weighted by Gasteiger charge is 2.15. The van der Waals surface area contributed by atoms with E-state index in [2.05, 4.69) is 54.6 Å². The van der Waals surface area contributed by atoms with E-state index >= 15 is 0 Å². The van der Waals surface area contributed by atoms with Gasteiger partial charge >= 0.3 is 0 Å². The Balaban J connectivity index is 1.58. The first-order valence-electron chi connectivity index (χ1n) is 11.0. The van der Waals surface area contributed by atoms with E-state index in [4.69, 9.17) is 9.72 Å². The van der Waals surface area contributed by atoms with Gasteiger partial charge in [-0.25, -0.2) is 4.98 Å². The van der Waals surface area contributed by atoms with E-state index < -0.39 is 0 Å². The molecule has 0 bridgehead atoms. The maximum Gasteiger partial charge on any atom is 0.270 e. The standard InChI is InChI=1S/C26H29N5O2/c1-6-27-24(32)22-16-20(12-13-28-22)33-19-10-11-23-21(15-19)30-25(31(23)5)29-18-9-7-8-17(14-18)26(2,3)4/h7-16H,6H2,1-5H3,(H,27,32)(H,29,30). The summed E-state index contributed by atoms with van der Waals surface area (Å²) in [5.41, 5.74) is 4.42. The maximum atomic E-state index is 12.0. The summed E-state index contributed by atoms with van der Waals surface area (Å²) in [6.45, 7) is 9.00. The van der Waals surface area contributed by atoms with Gasteiger partial charge in [0.25, 0.3) is 5.91 Å². The van der Waals surface area contributed by atoms with Crippen LogP contribution >= 0.6 is 0 Å². The first-order valence-corrected chi connectivity index (χ1v) is 11.0. The fraction of sp³-hybridized carbons (Fsp3) is 0.269. The minimum Gasteiger partial charge on any atom is -0.457 e. The second-order valence-electron chi connectivity index (χ2n) is 8.94. The van der Waals surface area contributed by atoms with Crippen LogP contribution in [0.1, 0.15) is 43.7 Å². The number of anilines is 2. The van der Waals surface area contributed by atoms with Gasteiger partial charge < -0.3 is 19.9 Å². The Morgan fingerprint density at radius 2 is 1.85 bits per heavy atom. The number of fused-ring (bicyclic) bond motifs is 1. The molecule has 0 radical (unpaired) electrons. The number of aromatic nitrogens is 3. The van der Waals surface area contributed by atoms with Crippen molar-refractivity contribution in [3.8, 4) is 11.5 Å². The van der Waals surface area contributed by atoms with E-state index in [1.165, 1.54) is 5.56 Å². The number of nitrogens with one attached hydrogen (secondary N) is 2. The SMILES string of the molecule is CCNC(=O)c1cc(Oc2ccc3c(c2)nc(Nc2cccc(C(C)(C)C)c2)n3C)ccn1. The molecule has 170 valence electrons. The average Bonchev–Trinajstić information content (AvgIpc) is 3.08. The molecule has 0 aliphatic heterocycles. The molecule has 0 unspecified atom stereocenters. The van der Waals surface area contributed by atoms with Crippen molar-refractivity contribution < 1.29 is 9.53 Å².